The molecule has 0 atom stereocenters. The van der Waals surface area contributed by atoms with Crippen molar-refractivity contribution in [3.8, 4) is 5.75 Å². The van der Waals surface area contributed by atoms with Crippen LogP contribution < -0.4 is 4.74 Å². The third kappa shape index (κ3) is 2.41. The molecular formula is C17H21NO2. The second kappa shape index (κ2) is 5.12. The molecule has 0 spiro atoms. The number of ether oxygens (including phenoxy) is 1. The number of fused-ring (bicyclic) bond motifs is 1. The molecule has 4 rings (SSSR count). The third-order valence-corrected chi connectivity index (χ3v) is 4.70. The SMILES string of the molecule is c1noc2cc(OCC3CCCCC3)c(C3CC3)cc12. The van der Waals surface area contributed by atoms with E-state index in [2.05, 4.69) is 11.2 Å². The molecule has 1 aromatic heterocycles. The zero-order valence-corrected chi connectivity index (χ0v) is 11.8. The minimum Gasteiger partial charge on any atom is -0.493 e. The molecule has 3 nitrogen and oxygen atoms in total. The second-order valence-electron chi connectivity index (χ2n) is 6.34. The first-order valence-corrected chi connectivity index (χ1v) is 7.91. The van der Waals surface area contributed by atoms with Crippen molar-refractivity contribution in [2.45, 2.75) is 50.9 Å². The van der Waals surface area contributed by atoms with Crippen LogP contribution in [0.4, 0.5) is 0 Å². The van der Waals surface area contributed by atoms with Crippen molar-refractivity contribution < 1.29 is 9.26 Å². The van der Waals surface area contributed by atoms with Crippen molar-refractivity contribution >= 4 is 11.0 Å². The summed E-state index contributed by atoms with van der Waals surface area (Å²) in [6, 6.07) is 4.25. The molecule has 3 heteroatoms. The Bertz CT molecular complexity index is 594. The lowest BCUT2D eigenvalue weighted by atomic mass is 9.90. The van der Waals surface area contributed by atoms with Crippen molar-refractivity contribution in [3.05, 3.63) is 23.9 Å². The maximum Gasteiger partial charge on any atom is 0.170 e. The average molecular weight is 271 g/mol. The normalized spacial score (nSPS) is 20.4. The highest BCUT2D eigenvalue weighted by Crippen LogP contribution is 2.45. The summed E-state index contributed by atoms with van der Waals surface area (Å²) in [6.45, 7) is 0.860. The van der Waals surface area contributed by atoms with E-state index in [4.69, 9.17) is 9.26 Å². The van der Waals surface area contributed by atoms with Crippen molar-refractivity contribution in [2.24, 2.45) is 5.92 Å². The van der Waals surface area contributed by atoms with Crippen LogP contribution in [-0.4, -0.2) is 11.8 Å². The molecule has 20 heavy (non-hydrogen) atoms. The highest BCUT2D eigenvalue weighted by atomic mass is 16.5. The number of hydrogen-bond donors (Lipinski definition) is 0. The molecule has 0 saturated heterocycles. The van der Waals surface area contributed by atoms with E-state index in [-0.39, 0.29) is 0 Å². The lowest BCUT2D eigenvalue weighted by molar-refractivity contribution is 0.207. The molecule has 0 N–H and O–H groups in total. The van der Waals surface area contributed by atoms with Crippen LogP contribution in [0.3, 0.4) is 0 Å². The van der Waals surface area contributed by atoms with Gasteiger partial charge in [0.15, 0.2) is 5.58 Å². The standard InChI is InChI=1S/C17H21NO2/c1-2-4-12(5-3-1)11-19-17-9-16-14(10-18-20-16)8-15(17)13-6-7-13/h8-10,12-13H,1-7,11H2. The fraction of sp³-hybridized carbons (Fsp3) is 0.588. The molecule has 1 heterocycles. The molecular weight excluding hydrogens is 250 g/mol. The number of rotatable bonds is 4. The Kier molecular flexibility index (Phi) is 3.13. The topological polar surface area (TPSA) is 35.3 Å². The number of hydrogen-bond acceptors (Lipinski definition) is 3. The van der Waals surface area contributed by atoms with Gasteiger partial charge in [0.2, 0.25) is 0 Å². The summed E-state index contributed by atoms with van der Waals surface area (Å²) in [5, 5.41) is 4.98. The fourth-order valence-electron chi connectivity index (χ4n) is 3.32. The Hall–Kier alpha value is -1.51. The van der Waals surface area contributed by atoms with Gasteiger partial charge in [-0.2, -0.15) is 0 Å². The van der Waals surface area contributed by atoms with E-state index in [1.807, 2.05) is 6.07 Å². The quantitative estimate of drug-likeness (QED) is 0.811. The average Bonchev–Trinajstić information content (AvgIpc) is 3.24. The summed E-state index contributed by atoms with van der Waals surface area (Å²) in [5.74, 6) is 2.46. The van der Waals surface area contributed by atoms with Gasteiger partial charge in [-0.1, -0.05) is 24.4 Å². The summed E-state index contributed by atoms with van der Waals surface area (Å²) in [6.07, 6.45) is 11.1. The smallest absolute Gasteiger partial charge is 0.170 e. The van der Waals surface area contributed by atoms with Crippen molar-refractivity contribution in [1.29, 1.82) is 0 Å². The minimum atomic E-state index is 0.690. The molecule has 0 aliphatic heterocycles. The first kappa shape index (κ1) is 12.2. The first-order valence-electron chi connectivity index (χ1n) is 7.91. The number of nitrogens with zero attached hydrogens (tertiary/aromatic N) is 1. The van der Waals surface area contributed by atoms with Crippen LogP contribution in [-0.2, 0) is 0 Å². The van der Waals surface area contributed by atoms with E-state index in [1.165, 1.54) is 50.5 Å². The van der Waals surface area contributed by atoms with Gasteiger partial charge in [-0.15, -0.1) is 0 Å². The van der Waals surface area contributed by atoms with Gasteiger partial charge in [-0.05, 0) is 49.1 Å². The Morgan fingerprint density at radius 2 is 1.95 bits per heavy atom. The monoisotopic (exact) mass is 271 g/mol. The second-order valence-corrected chi connectivity index (χ2v) is 6.34. The van der Waals surface area contributed by atoms with Gasteiger partial charge in [0, 0.05) is 11.5 Å². The molecule has 2 aliphatic carbocycles. The summed E-state index contributed by atoms with van der Waals surface area (Å²) in [4.78, 5) is 0. The van der Waals surface area contributed by atoms with Gasteiger partial charge in [0.05, 0.1) is 12.8 Å². The van der Waals surface area contributed by atoms with Gasteiger partial charge in [0.1, 0.15) is 5.75 Å². The third-order valence-electron chi connectivity index (χ3n) is 4.70. The van der Waals surface area contributed by atoms with Crippen LogP contribution in [0.1, 0.15) is 56.4 Å². The van der Waals surface area contributed by atoms with Crippen LogP contribution in [0.25, 0.3) is 11.0 Å². The molecule has 0 amide bonds. The molecule has 106 valence electrons. The van der Waals surface area contributed by atoms with Crippen LogP contribution in [0.2, 0.25) is 0 Å². The number of aromatic nitrogens is 1. The number of benzene rings is 1. The summed E-state index contributed by atoms with van der Waals surface area (Å²) in [5.41, 5.74) is 2.20. The summed E-state index contributed by atoms with van der Waals surface area (Å²) in [7, 11) is 0. The molecule has 0 radical (unpaired) electrons. The van der Waals surface area contributed by atoms with E-state index in [0.717, 1.165) is 29.2 Å². The fourth-order valence-corrected chi connectivity index (χ4v) is 3.32. The van der Waals surface area contributed by atoms with Crippen LogP contribution in [0.15, 0.2) is 22.9 Å². The van der Waals surface area contributed by atoms with Crippen molar-refractivity contribution in [2.75, 3.05) is 6.61 Å². The lowest BCUT2D eigenvalue weighted by Gasteiger charge is -2.22. The van der Waals surface area contributed by atoms with E-state index < -0.39 is 0 Å². The zero-order chi connectivity index (χ0) is 13.4. The minimum absolute atomic E-state index is 0.690. The molecule has 2 aliphatic rings. The van der Waals surface area contributed by atoms with E-state index in [1.54, 1.807) is 6.20 Å². The van der Waals surface area contributed by atoms with E-state index in [0.29, 0.717) is 5.92 Å². The van der Waals surface area contributed by atoms with Gasteiger partial charge in [-0.25, -0.2) is 0 Å². The Morgan fingerprint density at radius 3 is 2.75 bits per heavy atom. The summed E-state index contributed by atoms with van der Waals surface area (Å²) >= 11 is 0. The Balaban J connectivity index is 1.55. The van der Waals surface area contributed by atoms with Gasteiger partial charge in [0.25, 0.3) is 0 Å². The van der Waals surface area contributed by atoms with Gasteiger partial charge < -0.3 is 9.26 Å². The van der Waals surface area contributed by atoms with Crippen molar-refractivity contribution in [3.63, 3.8) is 0 Å². The molecule has 2 aromatic rings. The van der Waals surface area contributed by atoms with Crippen molar-refractivity contribution in [1.82, 2.24) is 5.16 Å². The molecule has 0 bridgehead atoms. The maximum atomic E-state index is 6.17. The summed E-state index contributed by atoms with van der Waals surface area (Å²) < 4.78 is 11.4. The van der Waals surface area contributed by atoms with E-state index in [9.17, 15) is 0 Å². The van der Waals surface area contributed by atoms with Crippen LogP contribution in [0, 0.1) is 5.92 Å². The predicted octanol–water partition coefficient (Wildman–Crippen LogP) is 4.66. The zero-order valence-electron chi connectivity index (χ0n) is 11.8. The Morgan fingerprint density at radius 1 is 1.10 bits per heavy atom. The van der Waals surface area contributed by atoms with Crippen LogP contribution >= 0.6 is 0 Å². The highest BCUT2D eigenvalue weighted by molar-refractivity contribution is 5.79. The largest absolute Gasteiger partial charge is 0.493 e. The highest BCUT2D eigenvalue weighted by Gasteiger charge is 2.28. The predicted molar refractivity (Wildman–Crippen MR) is 78.1 cm³/mol. The molecule has 2 saturated carbocycles. The Labute approximate surface area is 119 Å². The van der Waals surface area contributed by atoms with Crippen LogP contribution in [0.5, 0.6) is 5.75 Å². The maximum absolute atomic E-state index is 6.17. The van der Waals surface area contributed by atoms with Gasteiger partial charge in [-0.3, -0.25) is 0 Å². The molecule has 2 fully saturated rings. The van der Waals surface area contributed by atoms with Gasteiger partial charge >= 0.3 is 0 Å². The molecule has 1 aromatic carbocycles. The first-order chi connectivity index (χ1) is 9.90. The molecule has 0 unspecified atom stereocenters. The van der Waals surface area contributed by atoms with E-state index >= 15 is 0 Å². The lowest BCUT2D eigenvalue weighted by Crippen LogP contribution is -2.15.